The van der Waals surface area contributed by atoms with Crippen molar-refractivity contribution in [1.82, 2.24) is 19.9 Å². The van der Waals surface area contributed by atoms with E-state index in [-0.39, 0.29) is 0 Å². The van der Waals surface area contributed by atoms with Gasteiger partial charge in [0.2, 0.25) is 17.8 Å². The highest BCUT2D eigenvalue weighted by Crippen LogP contribution is 2.14. The number of nitrogen functional groups attached to an aromatic ring is 1. The second-order valence-corrected chi connectivity index (χ2v) is 5.65. The van der Waals surface area contributed by atoms with E-state index in [0.29, 0.717) is 23.9 Å². The molecule has 1 fully saturated rings. The van der Waals surface area contributed by atoms with Gasteiger partial charge >= 0.3 is 0 Å². The maximum atomic E-state index is 5.40. The molecule has 0 radical (unpaired) electrons. The Hall–Kier alpha value is -1.67. The van der Waals surface area contributed by atoms with Crippen LogP contribution in [0.1, 0.15) is 26.2 Å². The molecule has 1 aliphatic rings. The molecule has 118 valence electrons. The summed E-state index contributed by atoms with van der Waals surface area (Å²) in [4.78, 5) is 17.1. The largest absolute Gasteiger partial charge is 0.352 e. The molecule has 0 saturated carbocycles. The van der Waals surface area contributed by atoms with Crippen LogP contribution in [0.2, 0.25) is 0 Å². The van der Waals surface area contributed by atoms with Gasteiger partial charge in [-0.1, -0.05) is 6.42 Å². The van der Waals surface area contributed by atoms with Gasteiger partial charge in [0.05, 0.1) is 0 Å². The van der Waals surface area contributed by atoms with E-state index in [1.54, 1.807) is 0 Å². The van der Waals surface area contributed by atoms with Crippen LogP contribution in [0, 0.1) is 0 Å². The average molecular weight is 294 g/mol. The summed E-state index contributed by atoms with van der Waals surface area (Å²) in [6, 6.07) is 0.458. The Kier molecular flexibility index (Phi) is 5.51. The fourth-order valence-electron chi connectivity index (χ4n) is 2.44. The molecule has 8 heteroatoms. The van der Waals surface area contributed by atoms with E-state index >= 15 is 0 Å². The Balaban J connectivity index is 1.96. The van der Waals surface area contributed by atoms with Crippen LogP contribution < -0.4 is 21.5 Å². The normalized spacial score (nSPS) is 17.3. The summed E-state index contributed by atoms with van der Waals surface area (Å²) in [5.41, 5.74) is 2.47. The Labute approximate surface area is 126 Å². The van der Waals surface area contributed by atoms with Crippen LogP contribution >= 0.6 is 0 Å². The number of rotatable bonds is 6. The standard InChI is InChI=1S/C13H26N8/c1-10(21-7-5-4-6-8-21)9-15-11-16-12(19-14)18-13(17-11)20(2)3/h10H,4-9,14H2,1-3H3,(H2,15,16,17,18,19). The van der Waals surface area contributed by atoms with Gasteiger partial charge in [-0.3, -0.25) is 10.3 Å². The maximum absolute atomic E-state index is 5.40. The summed E-state index contributed by atoms with van der Waals surface area (Å²) in [5.74, 6) is 6.89. The number of hydrogen-bond donors (Lipinski definition) is 3. The lowest BCUT2D eigenvalue weighted by Gasteiger charge is -2.32. The molecule has 2 rings (SSSR count). The van der Waals surface area contributed by atoms with Gasteiger partial charge in [-0.2, -0.15) is 15.0 Å². The number of nitrogens with zero attached hydrogens (tertiary/aromatic N) is 5. The molecule has 1 aromatic heterocycles. The molecule has 1 saturated heterocycles. The lowest BCUT2D eigenvalue weighted by Crippen LogP contribution is -2.41. The molecular formula is C13H26N8. The van der Waals surface area contributed by atoms with Crippen molar-refractivity contribution in [3.8, 4) is 0 Å². The van der Waals surface area contributed by atoms with Crippen LogP contribution in [-0.4, -0.2) is 59.6 Å². The number of aromatic nitrogens is 3. The number of hydrogen-bond acceptors (Lipinski definition) is 8. The monoisotopic (exact) mass is 294 g/mol. The number of anilines is 3. The minimum absolute atomic E-state index is 0.363. The molecule has 1 aromatic rings. The van der Waals surface area contributed by atoms with E-state index in [1.165, 1.54) is 32.4 Å². The highest BCUT2D eigenvalue weighted by Gasteiger charge is 2.17. The van der Waals surface area contributed by atoms with Crippen molar-refractivity contribution >= 4 is 17.8 Å². The van der Waals surface area contributed by atoms with Gasteiger partial charge in [-0.15, -0.1) is 0 Å². The first kappa shape index (κ1) is 15.7. The zero-order valence-electron chi connectivity index (χ0n) is 13.1. The zero-order chi connectivity index (χ0) is 15.2. The summed E-state index contributed by atoms with van der Waals surface area (Å²) in [6.07, 6.45) is 3.94. The van der Waals surface area contributed by atoms with Crippen LogP contribution in [0.4, 0.5) is 17.8 Å². The van der Waals surface area contributed by atoms with Crippen LogP contribution in [-0.2, 0) is 0 Å². The molecule has 0 aromatic carbocycles. The van der Waals surface area contributed by atoms with Crippen molar-refractivity contribution in [2.24, 2.45) is 5.84 Å². The van der Waals surface area contributed by atoms with Gasteiger partial charge in [0.25, 0.3) is 0 Å². The first-order valence-electron chi connectivity index (χ1n) is 7.48. The van der Waals surface area contributed by atoms with Crippen molar-refractivity contribution in [2.45, 2.75) is 32.2 Å². The molecule has 21 heavy (non-hydrogen) atoms. The minimum Gasteiger partial charge on any atom is -0.352 e. The van der Waals surface area contributed by atoms with Crippen molar-refractivity contribution in [3.63, 3.8) is 0 Å². The number of hydrazine groups is 1. The molecule has 0 bridgehead atoms. The lowest BCUT2D eigenvalue weighted by molar-refractivity contribution is 0.180. The van der Waals surface area contributed by atoms with Gasteiger partial charge in [0, 0.05) is 26.7 Å². The fraction of sp³-hybridized carbons (Fsp3) is 0.769. The van der Waals surface area contributed by atoms with E-state index in [2.05, 4.69) is 37.5 Å². The van der Waals surface area contributed by atoms with Crippen LogP contribution in [0.5, 0.6) is 0 Å². The summed E-state index contributed by atoms with van der Waals surface area (Å²) < 4.78 is 0. The third-order valence-corrected chi connectivity index (χ3v) is 3.72. The first-order valence-corrected chi connectivity index (χ1v) is 7.48. The van der Waals surface area contributed by atoms with Gasteiger partial charge in [-0.25, -0.2) is 5.84 Å². The second-order valence-electron chi connectivity index (χ2n) is 5.65. The molecular weight excluding hydrogens is 268 g/mol. The summed E-state index contributed by atoms with van der Waals surface area (Å²) >= 11 is 0. The molecule has 8 nitrogen and oxygen atoms in total. The lowest BCUT2D eigenvalue weighted by atomic mass is 10.1. The van der Waals surface area contributed by atoms with Gasteiger partial charge in [0.1, 0.15) is 0 Å². The van der Waals surface area contributed by atoms with E-state index in [9.17, 15) is 0 Å². The Morgan fingerprint density at radius 3 is 2.43 bits per heavy atom. The summed E-state index contributed by atoms with van der Waals surface area (Å²) in [7, 11) is 3.77. The smallest absolute Gasteiger partial charge is 0.243 e. The van der Waals surface area contributed by atoms with Crippen molar-refractivity contribution in [3.05, 3.63) is 0 Å². The molecule has 4 N–H and O–H groups in total. The molecule has 0 aliphatic carbocycles. The van der Waals surface area contributed by atoms with Crippen LogP contribution in [0.25, 0.3) is 0 Å². The number of nitrogens with one attached hydrogen (secondary N) is 2. The second kappa shape index (κ2) is 7.37. The van der Waals surface area contributed by atoms with Crippen LogP contribution in [0.15, 0.2) is 0 Å². The third kappa shape index (κ3) is 4.40. The minimum atomic E-state index is 0.363. The molecule has 1 aliphatic heterocycles. The predicted octanol–water partition coefficient (Wildman–Crippen LogP) is 0.510. The highest BCUT2D eigenvalue weighted by molar-refractivity contribution is 5.42. The molecule has 1 unspecified atom stereocenters. The van der Waals surface area contributed by atoms with Crippen molar-refractivity contribution < 1.29 is 0 Å². The topological polar surface area (TPSA) is 95.2 Å². The van der Waals surface area contributed by atoms with Crippen LogP contribution in [0.3, 0.4) is 0 Å². The van der Waals surface area contributed by atoms with E-state index in [4.69, 9.17) is 5.84 Å². The van der Waals surface area contributed by atoms with E-state index < -0.39 is 0 Å². The van der Waals surface area contributed by atoms with Crippen molar-refractivity contribution in [2.75, 3.05) is 49.4 Å². The zero-order valence-corrected chi connectivity index (χ0v) is 13.1. The third-order valence-electron chi connectivity index (χ3n) is 3.72. The fourth-order valence-corrected chi connectivity index (χ4v) is 2.44. The first-order chi connectivity index (χ1) is 10.1. The molecule has 0 amide bonds. The quantitative estimate of drug-likeness (QED) is 0.516. The average Bonchev–Trinajstić information content (AvgIpc) is 2.53. The maximum Gasteiger partial charge on any atom is 0.243 e. The Bertz CT molecular complexity index is 444. The number of piperidine rings is 1. The SMILES string of the molecule is CC(CNc1nc(NN)nc(N(C)C)n1)N1CCCCC1. The number of nitrogens with two attached hydrogens (primary N) is 1. The summed E-state index contributed by atoms with van der Waals surface area (Å²) in [6.45, 7) is 5.40. The van der Waals surface area contributed by atoms with E-state index in [1.807, 2.05) is 19.0 Å². The molecule has 1 atom stereocenters. The Morgan fingerprint density at radius 1 is 1.14 bits per heavy atom. The molecule has 0 spiro atoms. The molecule has 2 heterocycles. The Morgan fingerprint density at radius 2 is 1.81 bits per heavy atom. The predicted molar refractivity (Wildman–Crippen MR) is 85.3 cm³/mol. The van der Waals surface area contributed by atoms with Crippen molar-refractivity contribution in [1.29, 1.82) is 0 Å². The van der Waals surface area contributed by atoms with Gasteiger partial charge in [0.15, 0.2) is 0 Å². The van der Waals surface area contributed by atoms with E-state index in [0.717, 1.165) is 6.54 Å². The van der Waals surface area contributed by atoms with Gasteiger partial charge in [-0.05, 0) is 32.9 Å². The highest BCUT2D eigenvalue weighted by atomic mass is 15.4. The number of likely N-dealkylation sites (tertiary alicyclic amines) is 1. The van der Waals surface area contributed by atoms with Gasteiger partial charge < -0.3 is 10.2 Å². The summed E-state index contributed by atoms with van der Waals surface area (Å²) in [5, 5.41) is 3.29.